The van der Waals surface area contributed by atoms with Crippen molar-refractivity contribution >= 4 is 17.5 Å². The summed E-state index contributed by atoms with van der Waals surface area (Å²) in [4.78, 5) is 23.6. The molecule has 0 aliphatic heterocycles. The van der Waals surface area contributed by atoms with Gasteiger partial charge in [0.25, 0.3) is 5.91 Å². The molecule has 2 aromatic carbocycles. The van der Waals surface area contributed by atoms with E-state index in [1.54, 1.807) is 24.3 Å². The first kappa shape index (κ1) is 15.6. The molecule has 0 bridgehead atoms. The number of phenols is 1. The first-order valence-corrected chi connectivity index (χ1v) is 6.99. The average molecular weight is 298 g/mol. The number of rotatable bonds is 5. The molecular formula is C17H18N2O3. The van der Waals surface area contributed by atoms with Crippen molar-refractivity contribution in [2.24, 2.45) is 0 Å². The van der Waals surface area contributed by atoms with Crippen LogP contribution in [0.2, 0.25) is 0 Å². The van der Waals surface area contributed by atoms with Gasteiger partial charge in [0, 0.05) is 18.7 Å². The van der Waals surface area contributed by atoms with Gasteiger partial charge in [0.2, 0.25) is 5.91 Å². The second-order valence-corrected chi connectivity index (χ2v) is 4.94. The maximum Gasteiger partial charge on any atom is 0.255 e. The molecule has 0 fully saturated rings. The van der Waals surface area contributed by atoms with Gasteiger partial charge in [-0.05, 0) is 36.8 Å². The Hall–Kier alpha value is -2.82. The zero-order valence-electron chi connectivity index (χ0n) is 12.3. The average Bonchev–Trinajstić information content (AvgIpc) is 2.48. The number of benzene rings is 2. The van der Waals surface area contributed by atoms with E-state index in [1.165, 1.54) is 6.07 Å². The summed E-state index contributed by atoms with van der Waals surface area (Å²) in [5.74, 6) is -0.643. The number of anilines is 1. The van der Waals surface area contributed by atoms with Crippen LogP contribution in [0.4, 0.5) is 5.69 Å². The zero-order chi connectivity index (χ0) is 15.9. The molecule has 22 heavy (non-hydrogen) atoms. The van der Waals surface area contributed by atoms with Crippen LogP contribution < -0.4 is 10.6 Å². The van der Waals surface area contributed by atoms with Gasteiger partial charge in [0.05, 0.1) is 5.56 Å². The number of hydrogen-bond acceptors (Lipinski definition) is 3. The van der Waals surface area contributed by atoms with Crippen LogP contribution in [-0.4, -0.2) is 23.5 Å². The molecule has 0 aliphatic carbocycles. The topological polar surface area (TPSA) is 78.4 Å². The lowest BCUT2D eigenvalue weighted by Crippen LogP contribution is -2.27. The van der Waals surface area contributed by atoms with E-state index in [9.17, 15) is 14.7 Å². The maximum atomic E-state index is 11.9. The molecule has 3 N–H and O–H groups in total. The molecule has 0 spiro atoms. The summed E-state index contributed by atoms with van der Waals surface area (Å²) in [6.45, 7) is 2.03. The highest BCUT2D eigenvalue weighted by Gasteiger charge is 2.11. The molecule has 0 aliphatic rings. The van der Waals surface area contributed by atoms with Gasteiger partial charge in [0.15, 0.2) is 0 Å². The summed E-state index contributed by atoms with van der Waals surface area (Å²) in [5.41, 5.74) is 1.79. The lowest BCUT2D eigenvalue weighted by molar-refractivity contribution is -0.116. The van der Waals surface area contributed by atoms with Crippen LogP contribution in [0, 0.1) is 6.92 Å². The van der Waals surface area contributed by atoms with Gasteiger partial charge in [-0.2, -0.15) is 0 Å². The molecule has 2 amide bonds. The number of aryl methyl sites for hydroxylation is 1. The van der Waals surface area contributed by atoms with E-state index >= 15 is 0 Å². The van der Waals surface area contributed by atoms with Crippen molar-refractivity contribution in [3.63, 3.8) is 0 Å². The Bertz CT molecular complexity index is 669. The quantitative estimate of drug-likeness (QED) is 0.793. The van der Waals surface area contributed by atoms with Gasteiger partial charge < -0.3 is 15.7 Å². The highest BCUT2D eigenvalue weighted by Crippen LogP contribution is 2.18. The molecule has 2 aromatic rings. The SMILES string of the molecule is Cc1ccc(C(=O)NCCC(=O)Nc2ccccc2)c(O)c1. The summed E-state index contributed by atoms with van der Waals surface area (Å²) in [6, 6.07) is 13.9. The Kier molecular flexibility index (Phi) is 5.14. The monoisotopic (exact) mass is 298 g/mol. The van der Waals surface area contributed by atoms with Crippen LogP contribution in [-0.2, 0) is 4.79 Å². The third kappa shape index (κ3) is 4.34. The van der Waals surface area contributed by atoms with Crippen molar-refractivity contribution in [1.82, 2.24) is 5.32 Å². The van der Waals surface area contributed by atoms with Crippen LogP contribution >= 0.6 is 0 Å². The molecular weight excluding hydrogens is 280 g/mol. The van der Waals surface area contributed by atoms with Gasteiger partial charge in [-0.3, -0.25) is 9.59 Å². The smallest absolute Gasteiger partial charge is 0.255 e. The van der Waals surface area contributed by atoms with E-state index in [0.717, 1.165) is 11.3 Å². The third-order valence-corrected chi connectivity index (χ3v) is 3.09. The Morgan fingerprint density at radius 1 is 1.09 bits per heavy atom. The molecule has 2 rings (SSSR count). The Morgan fingerprint density at radius 3 is 2.50 bits per heavy atom. The maximum absolute atomic E-state index is 11.9. The van der Waals surface area contributed by atoms with Crippen molar-refractivity contribution in [3.05, 3.63) is 59.7 Å². The van der Waals surface area contributed by atoms with E-state index in [1.807, 2.05) is 25.1 Å². The number of nitrogens with one attached hydrogen (secondary N) is 2. The van der Waals surface area contributed by atoms with Crippen molar-refractivity contribution < 1.29 is 14.7 Å². The Labute approximate surface area is 129 Å². The van der Waals surface area contributed by atoms with Gasteiger partial charge in [0.1, 0.15) is 5.75 Å². The lowest BCUT2D eigenvalue weighted by Gasteiger charge is -2.08. The molecule has 0 radical (unpaired) electrons. The highest BCUT2D eigenvalue weighted by molar-refractivity contribution is 5.97. The zero-order valence-corrected chi connectivity index (χ0v) is 12.3. The van der Waals surface area contributed by atoms with Crippen LogP contribution in [0.15, 0.2) is 48.5 Å². The van der Waals surface area contributed by atoms with Crippen molar-refractivity contribution in [2.45, 2.75) is 13.3 Å². The first-order chi connectivity index (χ1) is 10.6. The minimum atomic E-state index is -0.398. The molecule has 5 nitrogen and oxygen atoms in total. The standard InChI is InChI=1S/C17H18N2O3/c1-12-7-8-14(15(20)11-12)17(22)18-10-9-16(21)19-13-5-3-2-4-6-13/h2-8,11,20H,9-10H2,1H3,(H,18,22)(H,19,21). The molecule has 0 unspecified atom stereocenters. The van der Waals surface area contributed by atoms with E-state index < -0.39 is 5.91 Å². The Morgan fingerprint density at radius 2 is 1.82 bits per heavy atom. The number of hydrogen-bond donors (Lipinski definition) is 3. The normalized spacial score (nSPS) is 10.0. The molecule has 0 aromatic heterocycles. The highest BCUT2D eigenvalue weighted by atomic mass is 16.3. The number of carbonyl (C=O) groups excluding carboxylic acids is 2. The van der Waals surface area contributed by atoms with Crippen molar-refractivity contribution in [3.8, 4) is 5.75 Å². The van der Waals surface area contributed by atoms with E-state index in [0.29, 0.717) is 0 Å². The fourth-order valence-corrected chi connectivity index (χ4v) is 1.96. The van der Waals surface area contributed by atoms with Crippen LogP contribution in [0.25, 0.3) is 0 Å². The molecule has 114 valence electrons. The minimum Gasteiger partial charge on any atom is -0.507 e. The summed E-state index contributed by atoms with van der Waals surface area (Å²) in [5, 5.41) is 15.1. The van der Waals surface area contributed by atoms with Gasteiger partial charge in [-0.25, -0.2) is 0 Å². The lowest BCUT2D eigenvalue weighted by atomic mass is 10.1. The van der Waals surface area contributed by atoms with Crippen LogP contribution in [0.1, 0.15) is 22.3 Å². The summed E-state index contributed by atoms with van der Waals surface area (Å²) in [6.07, 6.45) is 0.160. The Balaban J connectivity index is 1.80. The number of carbonyl (C=O) groups is 2. The molecule has 0 saturated carbocycles. The fourth-order valence-electron chi connectivity index (χ4n) is 1.96. The number of amides is 2. The molecule has 5 heteroatoms. The fraction of sp³-hybridized carbons (Fsp3) is 0.176. The molecule has 0 heterocycles. The van der Waals surface area contributed by atoms with E-state index in [4.69, 9.17) is 0 Å². The minimum absolute atomic E-state index is 0.0637. The van der Waals surface area contributed by atoms with Crippen LogP contribution in [0.3, 0.4) is 0 Å². The summed E-state index contributed by atoms with van der Waals surface area (Å²) >= 11 is 0. The van der Waals surface area contributed by atoms with E-state index in [-0.39, 0.29) is 30.2 Å². The second-order valence-electron chi connectivity index (χ2n) is 4.94. The summed E-state index contributed by atoms with van der Waals surface area (Å²) in [7, 11) is 0. The predicted octanol–water partition coefficient (Wildman–Crippen LogP) is 2.46. The molecule has 0 atom stereocenters. The predicted molar refractivity (Wildman–Crippen MR) is 84.9 cm³/mol. The molecule has 0 saturated heterocycles. The number of phenolic OH excluding ortho intramolecular Hbond substituents is 1. The van der Waals surface area contributed by atoms with Crippen LogP contribution in [0.5, 0.6) is 5.75 Å². The largest absolute Gasteiger partial charge is 0.507 e. The number of aromatic hydroxyl groups is 1. The summed E-state index contributed by atoms with van der Waals surface area (Å²) < 4.78 is 0. The number of para-hydroxylation sites is 1. The third-order valence-electron chi connectivity index (χ3n) is 3.09. The second kappa shape index (κ2) is 7.26. The van der Waals surface area contributed by atoms with Gasteiger partial charge in [-0.1, -0.05) is 24.3 Å². The van der Waals surface area contributed by atoms with E-state index in [2.05, 4.69) is 10.6 Å². The van der Waals surface area contributed by atoms with Crippen molar-refractivity contribution in [1.29, 1.82) is 0 Å². The first-order valence-electron chi connectivity index (χ1n) is 6.99. The van der Waals surface area contributed by atoms with Crippen molar-refractivity contribution in [2.75, 3.05) is 11.9 Å². The van der Waals surface area contributed by atoms with Gasteiger partial charge >= 0.3 is 0 Å². The van der Waals surface area contributed by atoms with Gasteiger partial charge in [-0.15, -0.1) is 0 Å².